The minimum absolute atomic E-state index is 0.300. The summed E-state index contributed by atoms with van der Waals surface area (Å²) in [5, 5.41) is 18.5. The number of carbonyl (C=O) groups is 1. The Morgan fingerprint density at radius 2 is 1.86 bits per heavy atom. The van der Waals surface area contributed by atoms with Crippen molar-refractivity contribution in [1.29, 1.82) is 0 Å². The van der Waals surface area contributed by atoms with Gasteiger partial charge in [0.1, 0.15) is 5.75 Å². The summed E-state index contributed by atoms with van der Waals surface area (Å²) in [5.41, 5.74) is -4.77. The van der Waals surface area contributed by atoms with Crippen LogP contribution in [-0.4, -0.2) is 35.1 Å². The van der Waals surface area contributed by atoms with Crippen LogP contribution in [0.4, 0.5) is 13.2 Å². The number of halogens is 4. The molecule has 1 atom stereocenters. The molecule has 1 aromatic rings. The van der Waals surface area contributed by atoms with Crippen molar-refractivity contribution in [2.75, 3.05) is 7.11 Å². The van der Waals surface area contributed by atoms with E-state index in [1.807, 2.05) is 0 Å². The average Bonchev–Trinajstić information content (AvgIpc) is 2.35. The molecule has 1 unspecified atom stereocenters. The normalized spacial score (nSPS) is 15.3. The maximum absolute atomic E-state index is 13.0. The highest BCUT2D eigenvalue weighted by Gasteiger charge is 2.62. The number of hydrogen-bond acceptors (Lipinski definition) is 3. The second-order valence-electron chi connectivity index (χ2n) is 5.57. The first-order valence-corrected chi connectivity index (χ1v) is 7.01. The Morgan fingerprint density at radius 3 is 2.27 bits per heavy atom. The summed E-state index contributed by atoms with van der Waals surface area (Å²) in [4.78, 5) is 11.0. The van der Waals surface area contributed by atoms with Crippen LogP contribution in [0.3, 0.4) is 0 Å². The van der Waals surface area contributed by atoms with Gasteiger partial charge in [-0.25, -0.2) is 4.79 Å². The van der Waals surface area contributed by atoms with Gasteiger partial charge in [-0.05, 0) is 23.1 Å². The highest BCUT2D eigenvalue weighted by Crippen LogP contribution is 2.44. The summed E-state index contributed by atoms with van der Waals surface area (Å²) in [6.45, 7) is 2.83. The van der Waals surface area contributed by atoms with Gasteiger partial charge in [0.2, 0.25) is 0 Å². The first-order chi connectivity index (χ1) is 9.85. The standard InChI is InChI=1S/C14H16BrF3O4/c1-12(2,7-13(21,11(19)20)14(16,17)18)9-5-4-8(15)6-10(9)22-3/h4-6,21H,7H2,1-3H3,(H,19,20). The monoisotopic (exact) mass is 384 g/mol. The van der Waals surface area contributed by atoms with Crippen LogP contribution in [0.15, 0.2) is 22.7 Å². The lowest BCUT2D eigenvalue weighted by Gasteiger charge is -2.35. The number of carboxylic acids is 1. The molecule has 2 N–H and O–H groups in total. The van der Waals surface area contributed by atoms with Gasteiger partial charge in [0, 0.05) is 10.9 Å². The summed E-state index contributed by atoms with van der Waals surface area (Å²) < 4.78 is 44.7. The molecule has 0 amide bonds. The lowest BCUT2D eigenvalue weighted by atomic mass is 9.74. The minimum atomic E-state index is -5.29. The van der Waals surface area contributed by atoms with Crippen LogP contribution in [0, 0.1) is 0 Å². The number of aliphatic hydroxyl groups is 1. The summed E-state index contributed by atoms with van der Waals surface area (Å²) in [5.74, 6) is -2.03. The molecule has 0 bridgehead atoms. The molecular formula is C14H16BrF3O4. The van der Waals surface area contributed by atoms with Crippen molar-refractivity contribution >= 4 is 21.9 Å². The zero-order chi connectivity index (χ0) is 17.3. The topological polar surface area (TPSA) is 66.8 Å². The zero-order valence-corrected chi connectivity index (χ0v) is 13.7. The van der Waals surface area contributed by atoms with Crippen LogP contribution < -0.4 is 4.74 Å². The van der Waals surface area contributed by atoms with Crippen molar-refractivity contribution < 1.29 is 32.9 Å². The van der Waals surface area contributed by atoms with E-state index in [0.29, 0.717) is 15.8 Å². The number of ether oxygens (including phenoxy) is 1. The summed E-state index contributed by atoms with van der Waals surface area (Å²) in [6.07, 6.45) is -6.34. The number of carboxylic acid groups (broad SMARTS) is 1. The smallest absolute Gasteiger partial charge is 0.428 e. The van der Waals surface area contributed by atoms with Crippen LogP contribution in [0.5, 0.6) is 5.75 Å². The van der Waals surface area contributed by atoms with Crippen LogP contribution >= 0.6 is 15.9 Å². The Hall–Kier alpha value is -1.28. The average molecular weight is 385 g/mol. The molecule has 0 aliphatic rings. The van der Waals surface area contributed by atoms with E-state index in [0.717, 1.165) is 0 Å². The molecule has 0 aliphatic carbocycles. The third kappa shape index (κ3) is 3.55. The molecule has 124 valence electrons. The maximum atomic E-state index is 13.0. The SMILES string of the molecule is COc1cc(Br)ccc1C(C)(C)CC(O)(C(=O)O)C(F)(F)F. The van der Waals surface area contributed by atoms with E-state index < -0.39 is 29.6 Å². The quantitative estimate of drug-likeness (QED) is 0.815. The second-order valence-corrected chi connectivity index (χ2v) is 6.48. The molecule has 0 aliphatic heterocycles. The third-order valence-electron chi connectivity index (χ3n) is 3.41. The Balaban J connectivity index is 3.33. The predicted octanol–water partition coefficient (Wildman–Crippen LogP) is 3.50. The number of alkyl halides is 3. The van der Waals surface area contributed by atoms with E-state index in [-0.39, 0.29) is 0 Å². The fraction of sp³-hybridized carbons (Fsp3) is 0.500. The fourth-order valence-electron chi connectivity index (χ4n) is 2.26. The highest BCUT2D eigenvalue weighted by molar-refractivity contribution is 9.10. The minimum Gasteiger partial charge on any atom is -0.496 e. The van der Waals surface area contributed by atoms with E-state index >= 15 is 0 Å². The van der Waals surface area contributed by atoms with Crippen molar-refractivity contribution in [2.24, 2.45) is 0 Å². The van der Waals surface area contributed by atoms with Gasteiger partial charge in [-0.15, -0.1) is 0 Å². The van der Waals surface area contributed by atoms with E-state index in [9.17, 15) is 23.1 Å². The number of rotatable bonds is 5. The Labute approximate surface area is 134 Å². The Morgan fingerprint density at radius 1 is 1.32 bits per heavy atom. The first-order valence-electron chi connectivity index (χ1n) is 6.21. The molecule has 22 heavy (non-hydrogen) atoms. The molecule has 0 radical (unpaired) electrons. The summed E-state index contributed by atoms with van der Waals surface area (Å²) >= 11 is 3.22. The molecule has 0 aromatic heterocycles. The van der Waals surface area contributed by atoms with Gasteiger partial charge in [0.05, 0.1) is 7.11 Å². The van der Waals surface area contributed by atoms with Gasteiger partial charge >= 0.3 is 12.1 Å². The molecule has 1 aromatic carbocycles. The largest absolute Gasteiger partial charge is 0.496 e. The molecule has 0 saturated heterocycles. The number of hydrogen-bond donors (Lipinski definition) is 2. The van der Waals surface area contributed by atoms with E-state index in [4.69, 9.17) is 9.84 Å². The van der Waals surface area contributed by atoms with Gasteiger partial charge in [-0.1, -0.05) is 35.8 Å². The number of benzene rings is 1. The Bertz CT molecular complexity index is 572. The number of aliphatic carboxylic acids is 1. The molecule has 0 spiro atoms. The van der Waals surface area contributed by atoms with Crippen molar-refractivity contribution in [2.45, 2.75) is 37.5 Å². The van der Waals surface area contributed by atoms with Crippen molar-refractivity contribution in [1.82, 2.24) is 0 Å². The zero-order valence-electron chi connectivity index (χ0n) is 12.2. The summed E-state index contributed by atoms with van der Waals surface area (Å²) in [6, 6.07) is 4.69. The Kier molecular flexibility index (Phi) is 5.18. The van der Waals surface area contributed by atoms with E-state index in [1.54, 1.807) is 12.1 Å². The van der Waals surface area contributed by atoms with Crippen molar-refractivity contribution in [3.63, 3.8) is 0 Å². The van der Waals surface area contributed by atoms with Gasteiger partial charge in [0.25, 0.3) is 5.60 Å². The van der Waals surface area contributed by atoms with Gasteiger partial charge in [0.15, 0.2) is 0 Å². The van der Waals surface area contributed by atoms with E-state index in [2.05, 4.69) is 15.9 Å². The van der Waals surface area contributed by atoms with Crippen LogP contribution in [0.2, 0.25) is 0 Å². The predicted molar refractivity (Wildman–Crippen MR) is 77.0 cm³/mol. The highest BCUT2D eigenvalue weighted by atomic mass is 79.9. The first kappa shape index (κ1) is 18.8. The molecule has 0 saturated carbocycles. The molecule has 1 rings (SSSR count). The van der Waals surface area contributed by atoms with Crippen LogP contribution in [-0.2, 0) is 10.2 Å². The molecule has 8 heteroatoms. The third-order valence-corrected chi connectivity index (χ3v) is 3.91. The van der Waals surface area contributed by atoms with E-state index in [1.165, 1.54) is 27.0 Å². The number of methoxy groups -OCH3 is 1. The van der Waals surface area contributed by atoms with Crippen molar-refractivity contribution in [3.8, 4) is 5.75 Å². The van der Waals surface area contributed by atoms with Gasteiger partial charge < -0.3 is 14.9 Å². The lowest BCUT2D eigenvalue weighted by Crippen LogP contribution is -2.55. The van der Waals surface area contributed by atoms with Crippen molar-refractivity contribution in [3.05, 3.63) is 28.2 Å². The molecular weight excluding hydrogens is 369 g/mol. The van der Waals surface area contributed by atoms with Gasteiger partial charge in [-0.2, -0.15) is 13.2 Å². The second kappa shape index (κ2) is 6.08. The summed E-state index contributed by atoms with van der Waals surface area (Å²) in [7, 11) is 1.36. The molecule has 0 heterocycles. The fourth-order valence-corrected chi connectivity index (χ4v) is 2.60. The van der Waals surface area contributed by atoms with Crippen LogP contribution in [0.25, 0.3) is 0 Å². The lowest BCUT2D eigenvalue weighted by molar-refractivity contribution is -0.265. The molecule has 4 nitrogen and oxygen atoms in total. The maximum Gasteiger partial charge on any atom is 0.428 e. The van der Waals surface area contributed by atoms with Gasteiger partial charge in [-0.3, -0.25) is 0 Å². The molecule has 0 fully saturated rings. The van der Waals surface area contributed by atoms with Crippen LogP contribution in [0.1, 0.15) is 25.8 Å².